The average molecular weight is 266 g/mol. The summed E-state index contributed by atoms with van der Waals surface area (Å²) < 4.78 is 10.6. The van der Waals surface area contributed by atoms with Gasteiger partial charge in [-0.3, -0.25) is 9.59 Å². The van der Waals surface area contributed by atoms with Gasteiger partial charge in [-0.2, -0.15) is 0 Å². The predicted molar refractivity (Wildman–Crippen MR) is 67.2 cm³/mol. The van der Waals surface area contributed by atoms with Crippen molar-refractivity contribution in [2.24, 2.45) is 11.7 Å². The summed E-state index contributed by atoms with van der Waals surface area (Å²) in [6, 6.07) is 1.53. The Morgan fingerprint density at radius 2 is 2.32 bits per heavy atom. The van der Waals surface area contributed by atoms with Crippen LogP contribution in [0, 0.1) is 5.92 Å². The van der Waals surface area contributed by atoms with Crippen molar-refractivity contribution >= 4 is 11.8 Å². The van der Waals surface area contributed by atoms with Gasteiger partial charge in [-0.05, 0) is 18.9 Å². The molecule has 0 aliphatic carbocycles. The lowest BCUT2D eigenvalue weighted by molar-refractivity contribution is -0.126. The summed E-state index contributed by atoms with van der Waals surface area (Å²) in [5, 5.41) is 2.79. The van der Waals surface area contributed by atoms with Crippen molar-refractivity contribution in [3.8, 4) is 0 Å². The average Bonchev–Trinajstić information content (AvgIpc) is 3.04. The van der Waals surface area contributed by atoms with Crippen molar-refractivity contribution in [3.05, 3.63) is 23.7 Å². The third kappa shape index (κ3) is 3.14. The lowest BCUT2D eigenvalue weighted by Crippen LogP contribution is -2.34. The van der Waals surface area contributed by atoms with Crippen LogP contribution in [0.25, 0.3) is 0 Å². The van der Waals surface area contributed by atoms with Crippen LogP contribution in [0.1, 0.15) is 35.9 Å². The summed E-state index contributed by atoms with van der Waals surface area (Å²) in [5.74, 6) is -0.178. The number of hydrogen-bond donors (Lipinski definition) is 2. The zero-order chi connectivity index (χ0) is 13.8. The van der Waals surface area contributed by atoms with E-state index >= 15 is 0 Å². The van der Waals surface area contributed by atoms with E-state index in [0.29, 0.717) is 17.9 Å². The molecular weight excluding hydrogens is 248 g/mol. The van der Waals surface area contributed by atoms with Crippen LogP contribution in [0.4, 0.5) is 0 Å². The maximum Gasteiger partial charge on any atom is 0.251 e. The van der Waals surface area contributed by atoms with Gasteiger partial charge in [0.25, 0.3) is 5.91 Å². The Hall–Kier alpha value is -1.82. The van der Waals surface area contributed by atoms with E-state index in [9.17, 15) is 9.59 Å². The van der Waals surface area contributed by atoms with Crippen LogP contribution >= 0.6 is 0 Å². The van der Waals surface area contributed by atoms with Crippen LogP contribution in [0.5, 0.6) is 0 Å². The molecule has 3 N–H and O–H groups in total. The lowest BCUT2D eigenvalue weighted by atomic mass is 9.99. The normalized spacial score (nSPS) is 22.4. The monoisotopic (exact) mass is 266 g/mol. The lowest BCUT2D eigenvalue weighted by Gasteiger charge is -2.15. The number of nitrogens with one attached hydrogen (secondary N) is 1. The second-order valence-corrected chi connectivity index (χ2v) is 4.60. The molecule has 1 aromatic heterocycles. The third-order valence-corrected chi connectivity index (χ3v) is 3.32. The molecule has 1 aromatic rings. The van der Waals surface area contributed by atoms with Gasteiger partial charge in [-0.15, -0.1) is 0 Å². The molecule has 2 amide bonds. The fourth-order valence-electron chi connectivity index (χ4n) is 2.26. The predicted octanol–water partition coefficient (Wildman–Crippen LogP) is 0.810. The van der Waals surface area contributed by atoms with Gasteiger partial charge in [0.1, 0.15) is 12.0 Å². The summed E-state index contributed by atoms with van der Waals surface area (Å²) in [6.45, 7) is 2.88. The number of furan rings is 1. The maximum atomic E-state index is 12.0. The van der Waals surface area contributed by atoms with E-state index in [-0.39, 0.29) is 24.5 Å². The topological polar surface area (TPSA) is 94.6 Å². The summed E-state index contributed by atoms with van der Waals surface area (Å²) in [5.41, 5.74) is 5.42. The number of ether oxygens (including phenoxy) is 1. The summed E-state index contributed by atoms with van der Waals surface area (Å²) >= 11 is 0. The minimum absolute atomic E-state index is 0.00205. The molecule has 2 atom stereocenters. The Morgan fingerprint density at radius 1 is 1.53 bits per heavy atom. The van der Waals surface area contributed by atoms with Gasteiger partial charge in [0.2, 0.25) is 5.91 Å². The number of rotatable bonds is 5. The van der Waals surface area contributed by atoms with E-state index in [2.05, 4.69) is 5.32 Å². The Kier molecular flexibility index (Phi) is 4.21. The van der Waals surface area contributed by atoms with Crippen molar-refractivity contribution in [2.45, 2.75) is 32.4 Å². The van der Waals surface area contributed by atoms with E-state index in [1.165, 1.54) is 12.3 Å². The molecule has 0 unspecified atom stereocenters. The molecular formula is C13H18N2O4. The molecule has 0 radical (unpaired) electrons. The SMILES string of the molecule is CC[C@@H]1OCC[C@H]1C(=O)NCc1cc(C(N)=O)co1. The highest BCUT2D eigenvalue weighted by Gasteiger charge is 2.32. The number of primary amides is 1. The molecule has 6 heteroatoms. The van der Waals surface area contributed by atoms with Gasteiger partial charge >= 0.3 is 0 Å². The first kappa shape index (κ1) is 13.6. The Bertz CT molecular complexity index is 469. The molecule has 19 heavy (non-hydrogen) atoms. The molecule has 0 spiro atoms. The fourth-order valence-corrected chi connectivity index (χ4v) is 2.26. The molecule has 104 valence electrons. The zero-order valence-electron chi connectivity index (χ0n) is 10.8. The van der Waals surface area contributed by atoms with E-state index in [1.54, 1.807) is 0 Å². The Labute approximate surface area is 111 Å². The summed E-state index contributed by atoms with van der Waals surface area (Å²) in [4.78, 5) is 22.9. The number of carbonyl (C=O) groups is 2. The van der Waals surface area contributed by atoms with E-state index in [1.807, 2.05) is 6.92 Å². The van der Waals surface area contributed by atoms with Crippen molar-refractivity contribution in [1.29, 1.82) is 0 Å². The van der Waals surface area contributed by atoms with Crippen LogP contribution in [0.15, 0.2) is 16.7 Å². The number of hydrogen-bond acceptors (Lipinski definition) is 4. The van der Waals surface area contributed by atoms with Crippen molar-refractivity contribution in [3.63, 3.8) is 0 Å². The molecule has 6 nitrogen and oxygen atoms in total. The molecule has 0 saturated carbocycles. The Morgan fingerprint density at radius 3 is 2.95 bits per heavy atom. The standard InChI is InChI=1S/C13H18N2O4/c1-2-11-10(3-4-18-11)13(17)15-6-9-5-8(7-19-9)12(14)16/h5,7,10-11H,2-4,6H2,1H3,(H2,14,16)(H,15,17)/t10-,11+/m1/s1. The van der Waals surface area contributed by atoms with Crippen LogP contribution in [0.3, 0.4) is 0 Å². The summed E-state index contributed by atoms with van der Waals surface area (Å²) in [6.07, 6.45) is 2.86. The number of amides is 2. The van der Waals surface area contributed by atoms with Crippen LogP contribution in [-0.4, -0.2) is 24.5 Å². The molecule has 2 heterocycles. The first-order chi connectivity index (χ1) is 9.11. The largest absolute Gasteiger partial charge is 0.467 e. The quantitative estimate of drug-likeness (QED) is 0.824. The molecule has 1 aliphatic heterocycles. The number of nitrogens with two attached hydrogens (primary N) is 1. The van der Waals surface area contributed by atoms with E-state index < -0.39 is 5.91 Å². The second kappa shape index (κ2) is 5.88. The van der Waals surface area contributed by atoms with Gasteiger partial charge < -0.3 is 20.2 Å². The second-order valence-electron chi connectivity index (χ2n) is 4.60. The first-order valence-corrected chi connectivity index (χ1v) is 6.38. The zero-order valence-corrected chi connectivity index (χ0v) is 10.8. The highest BCUT2D eigenvalue weighted by atomic mass is 16.5. The van der Waals surface area contributed by atoms with Crippen molar-refractivity contribution in [1.82, 2.24) is 5.32 Å². The van der Waals surface area contributed by atoms with Crippen LogP contribution < -0.4 is 11.1 Å². The molecule has 1 fully saturated rings. The fraction of sp³-hybridized carbons (Fsp3) is 0.538. The van der Waals surface area contributed by atoms with Crippen LogP contribution in [0.2, 0.25) is 0 Å². The smallest absolute Gasteiger partial charge is 0.251 e. The maximum absolute atomic E-state index is 12.0. The van der Waals surface area contributed by atoms with Crippen molar-refractivity contribution < 1.29 is 18.7 Å². The molecule has 0 aromatic carbocycles. The molecule has 2 rings (SSSR count). The van der Waals surface area contributed by atoms with Gasteiger partial charge in [0, 0.05) is 6.61 Å². The highest BCUT2D eigenvalue weighted by molar-refractivity contribution is 5.92. The minimum Gasteiger partial charge on any atom is -0.467 e. The molecule has 0 bridgehead atoms. The summed E-state index contributed by atoms with van der Waals surface area (Å²) in [7, 11) is 0. The van der Waals surface area contributed by atoms with Gasteiger partial charge in [0.15, 0.2) is 0 Å². The molecule has 1 aliphatic rings. The minimum atomic E-state index is -0.545. The van der Waals surface area contributed by atoms with Crippen molar-refractivity contribution in [2.75, 3.05) is 6.61 Å². The highest BCUT2D eigenvalue weighted by Crippen LogP contribution is 2.23. The van der Waals surface area contributed by atoms with Gasteiger partial charge in [-0.1, -0.05) is 6.92 Å². The number of carbonyl (C=O) groups excluding carboxylic acids is 2. The Balaban J connectivity index is 1.87. The van der Waals surface area contributed by atoms with Gasteiger partial charge in [0.05, 0.1) is 24.1 Å². The van der Waals surface area contributed by atoms with Crippen LogP contribution in [-0.2, 0) is 16.1 Å². The van der Waals surface area contributed by atoms with Gasteiger partial charge in [-0.25, -0.2) is 0 Å². The van der Waals surface area contributed by atoms with E-state index in [0.717, 1.165) is 12.8 Å². The first-order valence-electron chi connectivity index (χ1n) is 6.38. The van der Waals surface area contributed by atoms with E-state index in [4.69, 9.17) is 14.9 Å². The third-order valence-electron chi connectivity index (χ3n) is 3.32. The molecule has 1 saturated heterocycles.